The van der Waals surface area contributed by atoms with E-state index in [1.165, 1.54) is 0 Å². The average molecular weight is 200 g/mol. The fourth-order valence-electron chi connectivity index (χ4n) is 3.05. The number of alkyl halides is 1. The molecule has 2 aliphatic rings. The number of rotatable bonds is 2. The normalized spacial score (nSPS) is 42.9. The van der Waals surface area contributed by atoms with Gasteiger partial charge in [0.05, 0.1) is 0 Å². The molecular formula is C9H18BFN2O. The van der Waals surface area contributed by atoms with Gasteiger partial charge in [-0.05, 0) is 33.1 Å². The highest BCUT2D eigenvalue weighted by Crippen LogP contribution is 2.37. The first-order chi connectivity index (χ1) is 6.65. The van der Waals surface area contributed by atoms with Crippen LogP contribution < -0.4 is 5.32 Å². The lowest BCUT2D eigenvalue weighted by Gasteiger charge is -2.41. The van der Waals surface area contributed by atoms with Gasteiger partial charge < -0.3 is 15.2 Å². The van der Waals surface area contributed by atoms with Crippen molar-refractivity contribution < 1.29 is 9.41 Å². The van der Waals surface area contributed by atoms with Crippen LogP contribution in [-0.2, 0) is 0 Å². The Morgan fingerprint density at radius 3 is 2.79 bits per heavy atom. The summed E-state index contributed by atoms with van der Waals surface area (Å²) in [6.45, 7) is 1.73. The SMILES string of the molecule is CN[C@@H]1CC2CCC([C@@H]1F)N2B(C)O. The molecule has 0 spiro atoms. The van der Waals surface area contributed by atoms with E-state index >= 15 is 0 Å². The zero-order valence-electron chi connectivity index (χ0n) is 8.78. The number of halogens is 1. The van der Waals surface area contributed by atoms with E-state index in [9.17, 15) is 9.41 Å². The molecule has 0 aliphatic carbocycles. The summed E-state index contributed by atoms with van der Waals surface area (Å²) in [5.41, 5.74) is 0. The van der Waals surface area contributed by atoms with Crippen LogP contribution in [0.5, 0.6) is 0 Å². The van der Waals surface area contributed by atoms with Crippen LogP contribution in [0.15, 0.2) is 0 Å². The molecule has 3 nitrogen and oxygen atoms in total. The Bertz CT molecular complexity index is 217. The zero-order chi connectivity index (χ0) is 10.3. The van der Waals surface area contributed by atoms with Crippen molar-refractivity contribution in [2.45, 2.75) is 50.4 Å². The van der Waals surface area contributed by atoms with Crippen LogP contribution in [0, 0.1) is 0 Å². The molecule has 2 saturated heterocycles. The highest BCUT2D eigenvalue weighted by molar-refractivity contribution is 6.45. The Kier molecular flexibility index (Phi) is 2.82. The summed E-state index contributed by atoms with van der Waals surface area (Å²) in [6.07, 6.45) is 1.88. The lowest BCUT2D eigenvalue weighted by Crippen LogP contribution is -2.60. The standard InChI is InChI=1S/C9H18BFN2O/c1-10(14)13-6-3-4-8(13)9(11)7(5-6)12-2/h6-9,12,14H,3-5H2,1-2H3/t6?,7-,8?,9-/m1/s1. The molecule has 14 heavy (non-hydrogen) atoms. The van der Waals surface area contributed by atoms with Gasteiger partial charge in [-0.15, -0.1) is 0 Å². The third-order valence-electron chi connectivity index (χ3n) is 3.68. The molecule has 80 valence electrons. The zero-order valence-corrected chi connectivity index (χ0v) is 8.78. The van der Waals surface area contributed by atoms with E-state index in [1.54, 1.807) is 6.82 Å². The van der Waals surface area contributed by atoms with Crippen LogP contribution in [0.3, 0.4) is 0 Å². The third-order valence-corrected chi connectivity index (χ3v) is 3.68. The van der Waals surface area contributed by atoms with Crippen LogP contribution in [0.2, 0.25) is 6.82 Å². The molecular weight excluding hydrogens is 182 g/mol. The number of nitrogens with one attached hydrogen (secondary N) is 1. The largest absolute Gasteiger partial charge is 0.437 e. The fraction of sp³-hybridized carbons (Fsp3) is 1.00. The van der Waals surface area contributed by atoms with Gasteiger partial charge >= 0.3 is 7.05 Å². The van der Waals surface area contributed by atoms with Gasteiger partial charge in [0, 0.05) is 18.1 Å². The Morgan fingerprint density at radius 1 is 1.50 bits per heavy atom. The first kappa shape index (κ1) is 10.4. The molecule has 0 amide bonds. The summed E-state index contributed by atoms with van der Waals surface area (Å²) in [6, 6.07) is 0.262. The van der Waals surface area contributed by atoms with Crippen molar-refractivity contribution in [1.82, 2.24) is 10.1 Å². The molecule has 2 aliphatic heterocycles. The van der Waals surface area contributed by atoms with Crippen molar-refractivity contribution in [2.24, 2.45) is 0 Å². The predicted octanol–water partition coefficient (Wildman–Crippen LogP) is 0.260. The molecule has 0 aromatic heterocycles. The second-order valence-corrected chi connectivity index (χ2v) is 4.45. The van der Waals surface area contributed by atoms with E-state index in [1.807, 2.05) is 11.9 Å². The Hall–Kier alpha value is -0.125. The second kappa shape index (κ2) is 3.79. The molecule has 2 heterocycles. The molecule has 4 atom stereocenters. The van der Waals surface area contributed by atoms with E-state index in [2.05, 4.69) is 5.32 Å². The molecule has 0 aromatic rings. The molecule has 2 rings (SSSR count). The van der Waals surface area contributed by atoms with Gasteiger partial charge in [0.25, 0.3) is 0 Å². The maximum atomic E-state index is 13.9. The molecule has 5 heteroatoms. The molecule has 2 N–H and O–H groups in total. The molecule has 0 aromatic carbocycles. The summed E-state index contributed by atoms with van der Waals surface area (Å²) < 4.78 is 13.9. The van der Waals surface area contributed by atoms with E-state index in [4.69, 9.17) is 0 Å². The highest BCUT2D eigenvalue weighted by atomic mass is 19.1. The lowest BCUT2D eigenvalue weighted by atomic mass is 9.78. The van der Waals surface area contributed by atoms with E-state index in [0.29, 0.717) is 6.04 Å². The third kappa shape index (κ3) is 1.47. The van der Waals surface area contributed by atoms with Crippen molar-refractivity contribution >= 4 is 7.05 Å². The summed E-state index contributed by atoms with van der Waals surface area (Å²) in [5, 5.41) is 12.6. The molecule has 2 fully saturated rings. The van der Waals surface area contributed by atoms with Gasteiger partial charge in [0.15, 0.2) is 0 Å². The predicted molar refractivity (Wildman–Crippen MR) is 54.8 cm³/mol. The first-order valence-electron chi connectivity index (χ1n) is 5.42. The molecule has 2 unspecified atom stereocenters. The van der Waals surface area contributed by atoms with Crippen molar-refractivity contribution in [3.63, 3.8) is 0 Å². The lowest BCUT2D eigenvalue weighted by molar-refractivity contribution is 0.0864. The maximum absolute atomic E-state index is 13.9. The van der Waals surface area contributed by atoms with Gasteiger partial charge in [0.2, 0.25) is 0 Å². The van der Waals surface area contributed by atoms with Gasteiger partial charge in [-0.25, -0.2) is 4.39 Å². The van der Waals surface area contributed by atoms with Crippen LogP contribution in [-0.4, -0.2) is 48.2 Å². The molecule has 0 radical (unpaired) electrons. The van der Waals surface area contributed by atoms with Crippen molar-refractivity contribution in [3.8, 4) is 0 Å². The topological polar surface area (TPSA) is 35.5 Å². The molecule has 0 saturated carbocycles. The van der Waals surface area contributed by atoms with Crippen molar-refractivity contribution in [3.05, 3.63) is 0 Å². The highest BCUT2D eigenvalue weighted by Gasteiger charge is 2.49. The van der Waals surface area contributed by atoms with Crippen LogP contribution in [0.1, 0.15) is 19.3 Å². The number of nitrogens with zero attached hydrogens (tertiary/aromatic N) is 1. The maximum Gasteiger partial charge on any atom is 0.376 e. The number of hydrogen-bond donors (Lipinski definition) is 2. The van der Waals surface area contributed by atoms with Crippen LogP contribution in [0.25, 0.3) is 0 Å². The summed E-state index contributed by atoms with van der Waals surface area (Å²) >= 11 is 0. The minimum absolute atomic E-state index is 0.0255. The van der Waals surface area contributed by atoms with Gasteiger partial charge in [-0.1, -0.05) is 0 Å². The minimum atomic E-state index is -0.839. The number of hydrogen-bond acceptors (Lipinski definition) is 3. The molecule has 2 bridgehead atoms. The fourth-order valence-corrected chi connectivity index (χ4v) is 3.05. The number of fused-ring (bicyclic) bond motifs is 2. The van der Waals surface area contributed by atoms with Crippen LogP contribution >= 0.6 is 0 Å². The minimum Gasteiger partial charge on any atom is -0.437 e. The van der Waals surface area contributed by atoms with Gasteiger partial charge in [0.1, 0.15) is 6.17 Å². The summed E-state index contributed by atoms with van der Waals surface area (Å²) in [7, 11) is 1.30. The summed E-state index contributed by atoms with van der Waals surface area (Å²) in [4.78, 5) is 1.94. The monoisotopic (exact) mass is 200 g/mol. The Labute approximate surface area is 84.8 Å². The average Bonchev–Trinajstić information content (AvgIpc) is 2.50. The van der Waals surface area contributed by atoms with Gasteiger partial charge in [-0.2, -0.15) is 0 Å². The van der Waals surface area contributed by atoms with E-state index < -0.39 is 13.2 Å². The number of piperidine rings is 1. The van der Waals surface area contributed by atoms with Crippen LogP contribution in [0.4, 0.5) is 4.39 Å². The van der Waals surface area contributed by atoms with Crippen molar-refractivity contribution in [1.29, 1.82) is 0 Å². The smallest absolute Gasteiger partial charge is 0.376 e. The first-order valence-corrected chi connectivity index (χ1v) is 5.42. The Morgan fingerprint density at radius 2 is 2.21 bits per heavy atom. The van der Waals surface area contributed by atoms with E-state index in [-0.39, 0.29) is 12.1 Å². The quantitative estimate of drug-likeness (QED) is 0.627. The van der Waals surface area contributed by atoms with E-state index in [0.717, 1.165) is 19.3 Å². The Balaban J connectivity index is 2.14. The second-order valence-electron chi connectivity index (χ2n) is 4.45. The van der Waals surface area contributed by atoms with Crippen molar-refractivity contribution in [2.75, 3.05) is 7.05 Å². The van der Waals surface area contributed by atoms with Gasteiger partial charge in [-0.3, -0.25) is 0 Å². The summed E-state index contributed by atoms with van der Waals surface area (Å²) in [5.74, 6) is 0.